The van der Waals surface area contributed by atoms with E-state index < -0.39 is 26.5 Å². The summed E-state index contributed by atoms with van der Waals surface area (Å²) in [5.74, 6) is -0.833. The Morgan fingerprint density at radius 3 is 0.755 bits per heavy atom. The minimum absolute atomic E-state index is 0.0164. The Bertz CT molecular complexity index is 2650. The number of quaternary nitrogens is 1. The maximum absolute atomic E-state index is 12.9. The number of unbranched alkanes of at least 4 members (excludes halogenated alkanes) is 23. The lowest BCUT2D eigenvalue weighted by molar-refractivity contribution is -0.870. The van der Waals surface area contributed by atoms with Crippen LogP contribution < -0.4 is 0 Å². The van der Waals surface area contributed by atoms with Crippen molar-refractivity contribution in [1.82, 2.24) is 0 Å². The first-order valence-corrected chi connectivity index (χ1v) is 43.6. The highest BCUT2D eigenvalue weighted by molar-refractivity contribution is 7.47. The molecule has 596 valence electrons. The van der Waals surface area contributed by atoms with Gasteiger partial charge in [0, 0.05) is 12.8 Å². The zero-order chi connectivity index (χ0) is 76.8. The second-order valence-electron chi connectivity index (χ2n) is 28.4. The molecule has 0 aliphatic heterocycles. The van der Waals surface area contributed by atoms with Crippen molar-refractivity contribution in [3.63, 3.8) is 0 Å². The molecule has 0 amide bonds. The van der Waals surface area contributed by atoms with Crippen molar-refractivity contribution in [3.05, 3.63) is 231 Å². The zero-order valence-corrected chi connectivity index (χ0v) is 69.0. The number of esters is 2. The topological polar surface area (TPSA) is 108 Å². The van der Waals surface area contributed by atoms with Gasteiger partial charge in [0.1, 0.15) is 19.8 Å². The summed E-state index contributed by atoms with van der Waals surface area (Å²) in [5.41, 5.74) is 0. The van der Waals surface area contributed by atoms with Crippen LogP contribution in [-0.2, 0) is 32.7 Å². The van der Waals surface area contributed by atoms with Gasteiger partial charge in [-0.1, -0.05) is 367 Å². The van der Waals surface area contributed by atoms with Crippen LogP contribution in [0.4, 0.5) is 0 Å². The van der Waals surface area contributed by atoms with Crippen molar-refractivity contribution in [2.75, 3.05) is 47.5 Å². The molecule has 0 aromatic carbocycles. The maximum Gasteiger partial charge on any atom is 0.472 e. The summed E-state index contributed by atoms with van der Waals surface area (Å²) in [6.07, 6.45) is 133. The molecule has 10 heteroatoms. The molecule has 0 rings (SSSR count). The first-order valence-electron chi connectivity index (χ1n) is 42.1. The summed E-state index contributed by atoms with van der Waals surface area (Å²) in [7, 11) is 1.44. The van der Waals surface area contributed by atoms with Gasteiger partial charge in [-0.2, -0.15) is 0 Å². The molecule has 0 spiro atoms. The van der Waals surface area contributed by atoms with Gasteiger partial charge in [-0.05, 0) is 161 Å². The Kier molecular flexibility index (Phi) is 78.5. The highest BCUT2D eigenvalue weighted by atomic mass is 31.2. The number of rotatable bonds is 75. The molecule has 9 nitrogen and oxygen atoms in total. The molecule has 0 aliphatic carbocycles. The molecule has 0 aromatic heterocycles. The fourth-order valence-corrected chi connectivity index (χ4v) is 11.6. The molecule has 0 bridgehead atoms. The second-order valence-corrected chi connectivity index (χ2v) is 29.8. The van der Waals surface area contributed by atoms with Crippen LogP contribution in [0.25, 0.3) is 0 Å². The van der Waals surface area contributed by atoms with Gasteiger partial charge in [0.15, 0.2) is 6.10 Å². The summed E-state index contributed by atoms with van der Waals surface area (Å²) in [4.78, 5) is 36.0. The van der Waals surface area contributed by atoms with Crippen LogP contribution >= 0.6 is 7.82 Å². The number of likely N-dealkylation sites (N-methyl/N-ethyl adjacent to an activating group) is 1. The van der Waals surface area contributed by atoms with Gasteiger partial charge in [-0.3, -0.25) is 18.6 Å². The predicted molar refractivity (Wildman–Crippen MR) is 463 cm³/mol. The number of allylic oxidation sites excluding steroid dienone is 38. The first kappa shape index (κ1) is 100. The van der Waals surface area contributed by atoms with Gasteiger partial charge in [-0.25, -0.2) is 4.57 Å². The molecule has 0 aliphatic rings. The standard InChI is InChI=1S/C96H154NO8P/c1-6-8-10-12-14-16-18-20-22-24-26-28-30-32-34-36-38-40-42-44-46-48-50-52-54-56-58-60-62-64-66-68-70-72-74-76-78-80-82-84-86-88-95(98)102-92-94(93-104-106(100,101)103-91-90-97(3,4)5)105-96(99)89-87-85-83-81-79-77-75-73-71-69-67-65-63-61-59-57-55-53-51-49-47-45-43-41-39-37-35-33-31-29-27-25-23-21-19-17-15-13-11-9-7-2/h8-11,14-17,20-23,26-29,32-35,38-41,44-47,51,53,57,59,63,65,69,71,75,77,94H,6-7,12-13,18-19,24-25,30-31,36-37,42-43,48-50,52,54-56,58,60-62,64,66-68,70,72-74,76,78-93H2,1-5H3/p+1/b10-8-,11-9-,16-14-,17-15-,22-20-,23-21-,28-26-,29-27-,34-32-,35-33-,40-38-,41-39-,46-44-,47-45-,53-51-,59-57-,65-63-,71-69-,77-75-. The molecule has 0 radical (unpaired) electrons. The summed E-state index contributed by atoms with van der Waals surface area (Å²) in [6, 6.07) is 0. The van der Waals surface area contributed by atoms with E-state index in [1.54, 1.807) is 0 Å². The lowest BCUT2D eigenvalue weighted by Gasteiger charge is -2.24. The van der Waals surface area contributed by atoms with Gasteiger partial charge in [0.05, 0.1) is 27.7 Å². The van der Waals surface area contributed by atoms with E-state index in [9.17, 15) is 19.0 Å². The van der Waals surface area contributed by atoms with Crippen molar-refractivity contribution in [2.45, 2.75) is 315 Å². The summed E-state index contributed by atoms with van der Waals surface area (Å²) < 4.78 is 34.8. The van der Waals surface area contributed by atoms with E-state index in [0.29, 0.717) is 17.4 Å². The third-order valence-electron chi connectivity index (χ3n) is 17.2. The van der Waals surface area contributed by atoms with Crippen LogP contribution in [0, 0.1) is 0 Å². The highest BCUT2D eigenvalue weighted by Gasteiger charge is 2.27. The summed E-state index contributed by atoms with van der Waals surface area (Å²) in [6.45, 7) is 4.17. The normalized spacial score (nSPS) is 14.2. The summed E-state index contributed by atoms with van der Waals surface area (Å²) in [5, 5.41) is 0. The third-order valence-corrected chi connectivity index (χ3v) is 18.2. The average Bonchev–Trinajstić information content (AvgIpc) is 0.908. The van der Waals surface area contributed by atoms with Crippen molar-refractivity contribution >= 4 is 19.8 Å². The van der Waals surface area contributed by atoms with E-state index in [0.717, 1.165) is 167 Å². The van der Waals surface area contributed by atoms with Gasteiger partial charge < -0.3 is 18.9 Å². The monoisotopic (exact) mass is 1480 g/mol. The quantitative estimate of drug-likeness (QED) is 0.0211. The Morgan fingerprint density at radius 1 is 0.292 bits per heavy atom. The average molecular weight is 1480 g/mol. The molecule has 2 unspecified atom stereocenters. The first-order chi connectivity index (χ1) is 52.0. The molecule has 0 heterocycles. The Morgan fingerprint density at radius 2 is 0.509 bits per heavy atom. The molecule has 0 saturated heterocycles. The smallest absolute Gasteiger partial charge is 0.462 e. The van der Waals surface area contributed by atoms with Gasteiger partial charge in [-0.15, -0.1) is 0 Å². The van der Waals surface area contributed by atoms with E-state index in [-0.39, 0.29) is 32.0 Å². The maximum atomic E-state index is 12.9. The lowest BCUT2D eigenvalue weighted by Crippen LogP contribution is -2.37. The van der Waals surface area contributed by atoms with Gasteiger partial charge >= 0.3 is 19.8 Å². The third kappa shape index (κ3) is 87.0. The number of phosphoric acid groups is 1. The van der Waals surface area contributed by atoms with E-state index in [4.69, 9.17) is 18.5 Å². The van der Waals surface area contributed by atoms with Crippen LogP contribution in [0.2, 0.25) is 0 Å². The number of carbonyl (C=O) groups is 2. The molecular weight excluding hydrogens is 1330 g/mol. The molecule has 106 heavy (non-hydrogen) atoms. The number of ether oxygens (including phenoxy) is 2. The van der Waals surface area contributed by atoms with E-state index in [2.05, 4.69) is 245 Å². The van der Waals surface area contributed by atoms with Crippen molar-refractivity contribution in [2.24, 2.45) is 0 Å². The second kappa shape index (κ2) is 83.1. The molecule has 0 aromatic rings. The van der Waals surface area contributed by atoms with Crippen LogP contribution in [0.5, 0.6) is 0 Å². The molecule has 1 N–H and O–H groups in total. The summed E-state index contributed by atoms with van der Waals surface area (Å²) >= 11 is 0. The Labute approximate surface area is 651 Å². The predicted octanol–water partition coefficient (Wildman–Crippen LogP) is 28.8. The van der Waals surface area contributed by atoms with Crippen LogP contribution in [-0.4, -0.2) is 74.9 Å². The van der Waals surface area contributed by atoms with Crippen molar-refractivity contribution in [1.29, 1.82) is 0 Å². The molecule has 0 saturated carbocycles. The van der Waals surface area contributed by atoms with Crippen LogP contribution in [0.3, 0.4) is 0 Å². The SMILES string of the molecule is CC/C=C\C/C=C\C/C=C\C/C=C\C/C=C\C/C=C\C/C=C\C/C=C\C/C=C\C/C=C\C/C=C\C/C=C\CCCCCCC(=O)OC(COC(=O)CCCCCCCCCCCCCCCCCCCCC/C=C\C/C=C\C/C=C\C/C=C\C/C=C\C/C=C\C/C=C\CC)COP(=O)(O)OCC[N+](C)(C)C. The number of phosphoric ester groups is 1. The van der Waals surface area contributed by atoms with Gasteiger partial charge in [0.25, 0.3) is 0 Å². The van der Waals surface area contributed by atoms with Crippen molar-refractivity contribution < 1.29 is 42.1 Å². The minimum atomic E-state index is -4.42. The Hall–Kier alpha value is -5.93. The van der Waals surface area contributed by atoms with Gasteiger partial charge in [0.2, 0.25) is 0 Å². The molecule has 2 atom stereocenters. The molecule has 0 fully saturated rings. The van der Waals surface area contributed by atoms with Crippen LogP contribution in [0.15, 0.2) is 231 Å². The zero-order valence-electron chi connectivity index (χ0n) is 68.1. The van der Waals surface area contributed by atoms with E-state index in [1.807, 2.05) is 21.1 Å². The minimum Gasteiger partial charge on any atom is -0.462 e. The Balaban J connectivity index is 4.08. The largest absolute Gasteiger partial charge is 0.472 e. The lowest BCUT2D eigenvalue weighted by atomic mass is 10.0. The van der Waals surface area contributed by atoms with Crippen molar-refractivity contribution in [3.8, 4) is 0 Å². The molecular formula is C96H155NO8P+. The van der Waals surface area contributed by atoms with E-state index >= 15 is 0 Å². The fourth-order valence-electron chi connectivity index (χ4n) is 10.9. The van der Waals surface area contributed by atoms with E-state index in [1.165, 1.54) is 109 Å². The number of hydrogen-bond donors (Lipinski definition) is 1. The number of carbonyl (C=O) groups excluding carboxylic acids is 2. The number of nitrogens with zero attached hydrogens (tertiary/aromatic N) is 1. The van der Waals surface area contributed by atoms with Crippen LogP contribution in [0.1, 0.15) is 309 Å². The highest BCUT2D eigenvalue weighted by Crippen LogP contribution is 2.43. The fraction of sp³-hybridized carbons (Fsp3) is 0.583. The number of hydrogen-bond acceptors (Lipinski definition) is 7.